The Morgan fingerprint density at radius 3 is 2.92 bits per heavy atom. The highest BCUT2D eigenvalue weighted by Gasteiger charge is 2.53. The molecule has 1 amide bonds. The highest BCUT2D eigenvalue weighted by molar-refractivity contribution is 5.92. The third-order valence-corrected chi connectivity index (χ3v) is 5.28. The largest absolute Gasteiger partial charge is 0.453 e. The summed E-state index contributed by atoms with van der Waals surface area (Å²) in [6.45, 7) is 0.688. The van der Waals surface area contributed by atoms with Crippen LogP contribution < -0.4 is 0 Å². The molecule has 1 aromatic rings. The molecule has 7 heteroatoms. The van der Waals surface area contributed by atoms with Crippen LogP contribution in [-0.4, -0.2) is 65.6 Å². The summed E-state index contributed by atoms with van der Waals surface area (Å²) in [5.41, 5.74) is -0.332. The van der Waals surface area contributed by atoms with Crippen molar-refractivity contribution < 1.29 is 28.9 Å². The summed E-state index contributed by atoms with van der Waals surface area (Å²) in [5.74, 6) is 0.439. The molecule has 1 aliphatic heterocycles. The van der Waals surface area contributed by atoms with Crippen LogP contribution in [0.3, 0.4) is 0 Å². The first-order chi connectivity index (χ1) is 11.6. The van der Waals surface area contributed by atoms with Gasteiger partial charge in [-0.15, -0.1) is 0 Å². The van der Waals surface area contributed by atoms with Crippen molar-refractivity contribution in [2.75, 3.05) is 26.9 Å². The zero-order chi connectivity index (χ0) is 17.2. The summed E-state index contributed by atoms with van der Waals surface area (Å²) in [6.07, 6.45) is 3.19. The van der Waals surface area contributed by atoms with Gasteiger partial charge in [0.1, 0.15) is 12.4 Å². The van der Waals surface area contributed by atoms with Crippen LogP contribution in [0.1, 0.15) is 42.0 Å². The Morgan fingerprint density at radius 1 is 1.42 bits per heavy atom. The molecule has 134 valence electrons. The molecule has 3 atom stereocenters. The van der Waals surface area contributed by atoms with Crippen LogP contribution in [0, 0.1) is 0 Å². The van der Waals surface area contributed by atoms with E-state index in [4.69, 9.17) is 24.1 Å². The van der Waals surface area contributed by atoms with Gasteiger partial charge in [-0.05, 0) is 37.8 Å². The van der Waals surface area contributed by atoms with Gasteiger partial charge in [-0.3, -0.25) is 4.79 Å². The number of aliphatic hydroxyl groups is 2. The molecule has 0 radical (unpaired) electrons. The Hall–Kier alpha value is -1.41. The van der Waals surface area contributed by atoms with E-state index in [-0.39, 0.29) is 42.6 Å². The minimum Gasteiger partial charge on any atom is -0.453 e. The molecule has 2 unspecified atom stereocenters. The fourth-order valence-corrected chi connectivity index (χ4v) is 4.00. The molecule has 2 fully saturated rings. The highest BCUT2D eigenvalue weighted by Crippen LogP contribution is 2.43. The maximum Gasteiger partial charge on any atom is 0.289 e. The molecule has 2 N–H and O–H groups in total. The summed E-state index contributed by atoms with van der Waals surface area (Å²) in [4.78, 5) is 14.6. The number of aliphatic hydroxyl groups excluding tert-OH is 2. The first kappa shape index (κ1) is 17.4. The minimum absolute atomic E-state index is 0.00440. The van der Waals surface area contributed by atoms with Gasteiger partial charge >= 0.3 is 0 Å². The molecule has 0 spiro atoms. The zero-order valence-corrected chi connectivity index (χ0v) is 13.9. The van der Waals surface area contributed by atoms with E-state index in [1.165, 1.54) is 0 Å². The Labute approximate surface area is 141 Å². The van der Waals surface area contributed by atoms with Crippen molar-refractivity contribution in [2.24, 2.45) is 0 Å². The van der Waals surface area contributed by atoms with E-state index < -0.39 is 0 Å². The van der Waals surface area contributed by atoms with Crippen molar-refractivity contribution in [3.63, 3.8) is 0 Å². The quantitative estimate of drug-likeness (QED) is 0.801. The third-order valence-electron chi connectivity index (χ3n) is 5.28. The molecule has 0 bridgehead atoms. The summed E-state index contributed by atoms with van der Waals surface area (Å²) >= 11 is 0. The van der Waals surface area contributed by atoms with Crippen LogP contribution in [-0.2, 0) is 16.1 Å². The maximum atomic E-state index is 12.8. The van der Waals surface area contributed by atoms with Gasteiger partial charge in [0.2, 0.25) is 0 Å². The van der Waals surface area contributed by atoms with E-state index in [0.717, 1.165) is 19.3 Å². The van der Waals surface area contributed by atoms with Gasteiger partial charge in [-0.1, -0.05) is 0 Å². The SMILES string of the molecule is CO[C@@]12CCC(OCCO)CC1N(C(=O)c1ccc(CO)o1)CC2. The number of carbonyl (C=O) groups is 1. The van der Waals surface area contributed by atoms with Gasteiger partial charge in [0.25, 0.3) is 5.91 Å². The fourth-order valence-electron chi connectivity index (χ4n) is 4.00. The lowest BCUT2D eigenvalue weighted by atomic mass is 9.79. The van der Waals surface area contributed by atoms with Crippen molar-refractivity contribution in [2.45, 2.75) is 50.0 Å². The standard InChI is InChI=1S/C17H25NO6/c1-22-17-5-4-12(23-9-8-19)10-15(17)18(7-6-17)16(21)14-3-2-13(11-20)24-14/h2-3,12,15,19-20H,4-11H2,1H3/t12?,15?,17-/m1/s1. The zero-order valence-electron chi connectivity index (χ0n) is 13.9. The molecule has 1 saturated heterocycles. The average Bonchev–Trinajstić information content (AvgIpc) is 3.24. The van der Waals surface area contributed by atoms with Crippen LogP contribution in [0.2, 0.25) is 0 Å². The number of nitrogens with zero attached hydrogens (tertiary/aromatic N) is 1. The summed E-state index contributed by atoms with van der Waals surface area (Å²) < 4.78 is 16.9. The molecule has 7 nitrogen and oxygen atoms in total. The first-order valence-corrected chi connectivity index (χ1v) is 8.41. The maximum absolute atomic E-state index is 12.8. The van der Waals surface area contributed by atoms with Crippen LogP contribution in [0.25, 0.3) is 0 Å². The molecular weight excluding hydrogens is 314 g/mol. The molecule has 1 aromatic heterocycles. The Kier molecular flexibility index (Phi) is 5.24. The van der Waals surface area contributed by atoms with Crippen molar-refractivity contribution in [3.05, 3.63) is 23.7 Å². The second-order valence-electron chi connectivity index (χ2n) is 6.45. The van der Waals surface area contributed by atoms with Gasteiger partial charge in [0.15, 0.2) is 5.76 Å². The number of methoxy groups -OCH3 is 1. The molecule has 24 heavy (non-hydrogen) atoms. The van der Waals surface area contributed by atoms with E-state index in [1.54, 1.807) is 24.1 Å². The van der Waals surface area contributed by atoms with E-state index in [0.29, 0.717) is 25.3 Å². The number of hydrogen-bond donors (Lipinski definition) is 2. The molecular formula is C17H25NO6. The van der Waals surface area contributed by atoms with E-state index >= 15 is 0 Å². The lowest BCUT2D eigenvalue weighted by molar-refractivity contribution is -0.0993. The van der Waals surface area contributed by atoms with Gasteiger partial charge in [-0.2, -0.15) is 0 Å². The van der Waals surface area contributed by atoms with Crippen molar-refractivity contribution >= 4 is 5.91 Å². The van der Waals surface area contributed by atoms with E-state index in [2.05, 4.69) is 0 Å². The number of carbonyl (C=O) groups excluding carboxylic acids is 1. The number of furan rings is 1. The summed E-state index contributed by atoms with van der Waals surface area (Å²) in [7, 11) is 1.70. The monoisotopic (exact) mass is 339 g/mol. The Bertz CT molecular complexity index is 573. The third kappa shape index (κ3) is 3.09. The molecule has 2 aliphatic rings. The van der Waals surface area contributed by atoms with Gasteiger partial charge < -0.3 is 29.0 Å². The van der Waals surface area contributed by atoms with Gasteiger partial charge in [0, 0.05) is 13.7 Å². The lowest BCUT2D eigenvalue weighted by Gasteiger charge is -2.43. The Morgan fingerprint density at radius 2 is 2.25 bits per heavy atom. The average molecular weight is 339 g/mol. The van der Waals surface area contributed by atoms with Gasteiger partial charge in [0.05, 0.1) is 31.0 Å². The van der Waals surface area contributed by atoms with Crippen LogP contribution >= 0.6 is 0 Å². The van der Waals surface area contributed by atoms with Crippen molar-refractivity contribution in [3.8, 4) is 0 Å². The predicted octanol–water partition coefficient (Wildman–Crippen LogP) is 0.933. The van der Waals surface area contributed by atoms with E-state index in [1.807, 2.05) is 0 Å². The van der Waals surface area contributed by atoms with Crippen LogP contribution in [0.4, 0.5) is 0 Å². The smallest absolute Gasteiger partial charge is 0.289 e. The van der Waals surface area contributed by atoms with Crippen LogP contribution in [0.5, 0.6) is 0 Å². The predicted molar refractivity (Wildman–Crippen MR) is 84.5 cm³/mol. The number of hydrogen-bond acceptors (Lipinski definition) is 6. The number of amides is 1. The molecule has 2 heterocycles. The molecule has 0 aromatic carbocycles. The van der Waals surface area contributed by atoms with Gasteiger partial charge in [-0.25, -0.2) is 0 Å². The number of fused-ring (bicyclic) bond motifs is 1. The second-order valence-corrected chi connectivity index (χ2v) is 6.45. The Balaban J connectivity index is 1.77. The van der Waals surface area contributed by atoms with E-state index in [9.17, 15) is 4.79 Å². The van der Waals surface area contributed by atoms with Crippen molar-refractivity contribution in [1.29, 1.82) is 0 Å². The highest BCUT2D eigenvalue weighted by atomic mass is 16.5. The van der Waals surface area contributed by atoms with Crippen LogP contribution in [0.15, 0.2) is 16.5 Å². The summed E-state index contributed by atoms with van der Waals surface area (Å²) in [6, 6.07) is 3.14. The lowest BCUT2D eigenvalue weighted by Crippen LogP contribution is -2.53. The molecule has 3 rings (SSSR count). The molecule has 1 aliphatic carbocycles. The fraction of sp³-hybridized carbons (Fsp3) is 0.706. The molecule has 1 saturated carbocycles. The number of rotatable bonds is 6. The first-order valence-electron chi connectivity index (χ1n) is 8.41. The second kappa shape index (κ2) is 7.23. The summed E-state index contributed by atoms with van der Waals surface area (Å²) in [5, 5.41) is 18.1. The topological polar surface area (TPSA) is 92.4 Å². The number of likely N-dealkylation sites (tertiary alicyclic amines) is 1. The minimum atomic E-state index is -0.332. The normalized spacial score (nSPS) is 29.7. The van der Waals surface area contributed by atoms with Crippen molar-refractivity contribution in [1.82, 2.24) is 4.90 Å². The number of ether oxygens (including phenoxy) is 2.